The van der Waals surface area contributed by atoms with Crippen LogP contribution in [0.4, 0.5) is 4.79 Å². The van der Waals surface area contributed by atoms with E-state index in [-0.39, 0.29) is 0 Å². The summed E-state index contributed by atoms with van der Waals surface area (Å²) < 4.78 is 5.87. The van der Waals surface area contributed by atoms with Crippen molar-refractivity contribution in [3.05, 3.63) is 28.5 Å². The number of hydrogen-bond donors (Lipinski definition) is 1. The first-order chi connectivity index (χ1) is 8.66. The van der Waals surface area contributed by atoms with Gasteiger partial charge in [-0.25, -0.2) is 4.79 Å². The molecule has 0 aliphatic rings. The highest BCUT2D eigenvalue weighted by atomic mass is 79.9. The maximum Gasteiger partial charge on any atom is 0.408 e. The zero-order valence-corrected chi connectivity index (χ0v) is 12.9. The molecule has 0 radical (unpaired) electrons. The number of nitrogens with zero attached hydrogens (tertiary/aromatic N) is 1. The van der Waals surface area contributed by atoms with Gasteiger partial charge in [0.1, 0.15) is 17.4 Å². The third kappa shape index (κ3) is 4.63. The lowest BCUT2D eigenvalue weighted by molar-refractivity contribution is -0.113. The van der Waals surface area contributed by atoms with Crippen LogP contribution in [0.15, 0.2) is 22.9 Å². The topological polar surface area (TPSA) is 68.3 Å². The standard InChI is InChI=1S/C13H17BrN2O3/c1-12(2,3)19-11(18)16-13(4,8-17)9-5-10(14)7-15-6-9/h5-8H,1-4H3,(H,16,18). The number of ether oxygens (including phenoxy) is 1. The minimum atomic E-state index is -1.18. The molecule has 0 saturated carbocycles. The van der Waals surface area contributed by atoms with Gasteiger partial charge in [0.2, 0.25) is 0 Å². The molecule has 1 aromatic rings. The number of pyridine rings is 1. The third-order valence-corrected chi connectivity index (χ3v) is 2.73. The first-order valence-corrected chi connectivity index (χ1v) is 6.54. The molecular formula is C13H17BrN2O3. The van der Waals surface area contributed by atoms with E-state index in [2.05, 4.69) is 26.2 Å². The summed E-state index contributed by atoms with van der Waals surface area (Å²) in [7, 11) is 0. The molecular weight excluding hydrogens is 312 g/mol. The molecule has 1 aromatic heterocycles. The zero-order valence-electron chi connectivity index (χ0n) is 11.4. The molecule has 0 aliphatic heterocycles. The number of carbonyl (C=O) groups is 2. The Hall–Kier alpha value is -1.43. The van der Waals surface area contributed by atoms with Gasteiger partial charge in [0.05, 0.1) is 0 Å². The summed E-state index contributed by atoms with van der Waals surface area (Å²) in [6.07, 6.45) is 3.13. The quantitative estimate of drug-likeness (QED) is 0.866. The molecule has 104 valence electrons. The number of nitrogens with one attached hydrogen (secondary N) is 1. The van der Waals surface area contributed by atoms with Crippen molar-refractivity contribution in [1.29, 1.82) is 0 Å². The lowest BCUT2D eigenvalue weighted by Crippen LogP contribution is -2.47. The van der Waals surface area contributed by atoms with Gasteiger partial charge in [-0.3, -0.25) is 4.98 Å². The Bertz CT molecular complexity index is 485. The number of rotatable bonds is 3. The number of carbonyl (C=O) groups excluding carboxylic acids is 2. The van der Waals surface area contributed by atoms with Crippen LogP contribution in [0.3, 0.4) is 0 Å². The van der Waals surface area contributed by atoms with Crippen molar-refractivity contribution < 1.29 is 14.3 Å². The molecule has 1 amide bonds. The summed E-state index contributed by atoms with van der Waals surface area (Å²) in [6.45, 7) is 6.86. The van der Waals surface area contributed by atoms with Gasteiger partial charge >= 0.3 is 6.09 Å². The van der Waals surface area contributed by atoms with Crippen molar-refractivity contribution in [2.75, 3.05) is 0 Å². The van der Waals surface area contributed by atoms with Crippen molar-refractivity contribution >= 4 is 28.3 Å². The number of hydrogen-bond acceptors (Lipinski definition) is 4. The second kappa shape index (κ2) is 5.69. The minimum absolute atomic E-state index is 0.572. The monoisotopic (exact) mass is 328 g/mol. The summed E-state index contributed by atoms with van der Waals surface area (Å²) >= 11 is 3.28. The average molecular weight is 329 g/mol. The molecule has 0 saturated heterocycles. The summed E-state index contributed by atoms with van der Waals surface area (Å²) in [5.41, 5.74) is -1.23. The maximum absolute atomic E-state index is 11.8. The number of amides is 1. The molecule has 0 fully saturated rings. The lowest BCUT2D eigenvalue weighted by atomic mass is 9.95. The van der Waals surface area contributed by atoms with Crippen LogP contribution in [-0.4, -0.2) is 23.0 Å². The Morgan fingerprint density at radius 2 is 2.00 bits per heavy atom. The zero-order chi connectivity index (χ0) is 14.7. The number of aldehydes is 1. The molecule has 0 aromatic carbocycles. The van der Waals surface area contributed by atoms with Crippen LogP contribution in [0.1, 0.15) is 33.3 Å². The van der Waals surface area contributed by atoms with Crippen molar-refractivity contribution in [1.82, 2.24) is 10.3 Å². The first-order valence-electron chi connectivity index (χ1n) is 5.75. The second-order valence-corrected chi connectivity index (χ2v) is 6.25. The largest absolute Gasteiger partial charge is 0.444 e. The Morgan fingerprint density at radius 1 is 1.37 bits per heavy atom. The van der Waals surface area contributed by atoms with Gasteiger partial charge in [0.15, 0.2) is 0 Å². The van der Waals surface area contributed by atoms with E-state index >= 15 is 0 Å². The molecule has 6 heteroatoms. The van der Waals surface area contributed by atoms with Crippen LogP contribution in [0, 0.1) is 0 Å². The fraction of sp³-hybridized carbons (Fsp3) is 0.462. The van der Waals surface area contributed by atoms with E-state index in [9.17, 15) is 9.59 Å². The van der Waals surface area contributed by atoms with Crippen LogP contribution in [0.25, 0.3) is 0 Å². The van der Waals surface area contributed by atoms with E-state index in [1.807, 2.05) is 0 Å². The van der Waals surface area contributed by atoms with Crippen molar-refractivity contribution in [2.45, 2.75) is 38.8 Å². The normalized spacial score (nSPS) is 14.4. The molecule has 1 unspecified atom stereocenters. The highest BCUT2D eigenvalue weighted by molar-refractivity contribution is 9.10. The fourth-order valence-electron chi connectivity index (χ4n) is 1.38. The van der Waals surface area contributed by atoms with Crippen LogP contribution in [-0.2, 0) is 15.1 Å². The van der Waals surface area contributed by atoms with Crippen LogP contribution in [0.5, 0.6) is 0 Å². The summed E-state index contributed by atoms with van der Waals surface area (Å²) in [5.74, 6) is 0. The SMILES string of the molecule is CC(C)(C)OC(=O)NC(C)(C=O)c1cncc(Br)c1. The molecule has 5 nitrogen and oxygen atoms in total. The van der Waals surface area contributed by atoms with Gasteiger partial charge in [-0.05, 0) is 49.7 Å². The van der Waals surface area contributed by atoms with E-state index in [1.54, 1.807) is 40.0 Å². The molecule has 1 N–H and O–H groups in total. The summed E-state index contributed by atoms with van der Waals surface area (Å²) in [5, 5.41) is 2.55. The lowest BCUT2D eigenvalue weighted by Gasteiger charge is -2.27. The van der Waals surface area contributed by atoms with Crippen molar-refractivity contribution in [3.63, 3.8) is 0 Å². The number of alkyl carbamates (subject to hydrolysis) is 1. The smallest absolute Gasteiger partial charge is 0.408 e. The highest BCUT2D eigenvalue weighted by Crippen LogP contribution is 2.21. The third-order valence-electron chi connectivity index (χ3n) is 2.30. The summed E-state index contributed by atoms with van der Waals surface area (Å²) in [4.78, 5) is 27.1. The molecule has 1 atom stereocenters. The Kier molecular flexibility index (Phi) is 4.68. The van der Waals surface area contributed by atoms with Crippen LogP contribution < -0.4 is 5.32 Å². The Morgan fingerprint density at radius 3 is 2.47 bits per heavy atom. The molecule has 1 heterocycles. The van der Waals surface area contributed by atoms with E-state index < -0.39 is 17.2 Å². The van der Waals surface area contributed by atoms with Gasteiger partial charge < -0.3 is 14.8 Å². The highest BCUT2D eigenvalue weighted by Gasteiger charge is 2.31. The minimum Gasteiger partial charge on any atom is -0.444 e. The molecule has 0 aliphatic carbocycles. The molecule has 0 bridgehead atoms. The maximum atomic E-state index is 11.8. The van der Waals surface area contributed by atoms with Crippen LogP contribution >= 0.6 is 15.9 Å². The van der Waals surface area contributed by atoms with Gasteiger partial charge in [0, 0.05) is 22.4 Å². The van der Waals surface area contributed by atoms with Gasteiger partial charge in [-0.1, -0.05) is 0 Å². The van der Waals surface area contributed by atoms with E-state index in [4.69, 9.17) is 4.74 Å². The first kappa shape index (κ1) is 15.6. The Balaban J connectivity index is 2.93. The molecule has 1 rings (SSSR count). The predicted octanol–water partition coefficient (Wildman–Crippen LogP) is 2.78. The number of halogens is 1. The Labute approximate surface area is 120 Å². The van der Waals surface area contributed by atoms with Crippen LogP contribution in [0.2, 0.25) is 0 Å². The second-order valence-electron chi connectivity index (χ2n) is 5.34. The van der Waals surface area contributed by atoms with E-state index in [0.29, 0.717) is 11.8 Å². The van der Waals surface area contributed by atoms with E-state index in [1.165, 1.54) is 6.20 Å². The van der Waals surface area contributed by atoms with Gasteiger partial charge in [0.25, 0.3) is 0 Å². The van der Waals surface area contributed by atoms with E-state index in [0.717, 1.165) is 4.47 Å². The fourth-order valence-corrected chi connectivity index (χ4v) is 1.75. The molecule has 19 heavy (non-hydrogen) atoms. The molecule has 0 spiro atoms. The predicted molar refractivity (Wildman–Crippen MR) is 74.7 cm³/mol. The number of aromatic nitrogens is 1. The van der Waals surface area contributed by atoms with Gasteiger partial charge in [-0.2, -0.15) is 0 Å². The van der Waals surface area contributed by atoms with Crippen molar-refractivity contribution in [3.8, 4) is 0 Å². The van der Waals surface area contributed by atoms with Gasteiger partial charge in [-0.15, -0.1) is 0 Å². The summed E-state index contributed by atoms with van der Waals surface area (Å²) in [6, 6.07) is 1.72. The average Bonchev–Trinajstić information content (AvgIpc) is 2.26. The van der Waals surface area contributed by atoms with Crippen molar-refractivity contribution in [2.24, 2.45) is 0 Å².